The monoisotopic (exact) mass is 288 g/mol. The van der Waals surface area contributed by atoms with E-state index in [2.05, 4.69) is 31.9 Å². The number of halogens is 4. The smallest absolute Gasteiger partial charge is 0.190 e. The predicted molar refractivity (Wildman–Crippen MR) is 45.0 cm³/mol. The maximum Gasteiger partial charge on any atom is 0.190 e. The second-order valence-corrected chi connectivity index (χ2v) is 4.23. The third kappa shape index (κ3) is 1.55. The van der Waals surface area contributed by atoms with E-state index in [0.717, 1.165) is 12.2 Å². The van der Waals surface area contributed by atoms with E-state index < -0.39 is 21.0 Å². The summed E-state index contributed by atoms with van der Waals surface area (Å²) < 4.78 is 23.4. The molecule has 0 amide bonds. The molecule has 0 heterocycles. The van der Waals surface area contributed by atoms with E-state index in [9.17, 15) is 13.9 Å². The quantitative estimate of drug-likeness (QED) is 0.680. The minimum Gasteiger partial charge on any atom is -0.371 e. The van der Waals surface area contributed by atoms with Gasteiger partial charge in [0.15, 0.2) is 4.51 Å². The van der Waals surface area contributed by atoms with Crippen LogP contribution in [-0.4, -0.2) is 14.4 Å². The standard InChI is InChI=1S/C6H4Br2F2O/c7-5-3(9)1-2-4(10)6(5,8)11/h1-2,5,11H. The normalized spacial score (nSPS) is 38.1. The van der Waals surface area contributed by atoms with Crippen LogP contribution in [0.4, 0.5) is 8.78 Å². The third-order valence-corrected chi connectivity index (χ3v) is 3.85. The third-order valence-electron chi connectivity index (χ3n) is 1.30. The topological polar surface area (TPSA) is 20.2 Å². The zero-order valence-corrected chi connectivity index (χ0v) is 8.36. The highest BCUT2D eigenvalue weighted by Gasteiger charge is 2.41. The van der Waals surface area contributed by atoms with E-state index in [1.54, 1.807) is 0 Å². The summed E-state index contributed by atoms with van der Waals surface area (Å²) in [5, 5.41) is 9.23. The molecule has 1 N–H and O–H groups in total. The molecule has 0 aliphatic heterocycles. The highest BCUT2D eigenvalue weighted by Crippen LogP contribution is 2.40. The van der Waals surface area contributed by atoms with Crippen LogP contribution in [0.5, 0.6) is 0 Å². The molecule has 1 rings (SSSR count). The second kappa shape index (κ2) is 2.95. The van der Waals surface area contributed by atoms with Crippen molar-refractivity contribution in [3.8, 4) is 0 Å². The average Bonchev–Trinajstić information content (AvgIpc) is 1.95. The van der Waals surface area contributed by atoms with Gasteiger partial charge in [-0.05, 0) is 28.1 Å². The minimum absolute atomic E-state index is 0.620. The lowest BCUT2D eigenvalue weighted by Crippen LogP contribution is -2.34. The molecule has 5 heteroatoms. The molecular formula is C6H4Br2F2O. The Balaban J connectivity index is 3.03. The maximum atomic E-state index is 12.7. The zero-order valence-electron chi connectivity index (χ0n) is 5.19. The van der Waals surface area contributed by atoms with Crippen LogP contribution in [0, 0.1) is 0 Å². The molecule has 0 saturated carbocycles. The van der Waals surface area contributed by atoms with Gasteiger partial charge in [-0.1, -0.05) is 15.9 Å². The molecule has 1 aliphatic rings. The lowest BCUT2D eigenvalue weighted by atomic mass is 10.1. The van der Waals surface area contributed by atoms with Crippen molar-refractivity contribution in [1.82, 2.24) is 0 Å². The first-order valence-corrected chi connectivity index (χ1v) is 4.46. The molecule has 2 unspecified atom stereocenters. The van der Waals surface area contributed by atoms with Crippen molar-refractivity contribution in [2.75, 3.05) is 0 Å². The molecule has 11 heavy (non-hydrogen) atoms. The lowest BCUT2D eigenvalue weighted by Gasteiger charge is -2.26. The molecule has 0 aromatic carbocycles. The van der Waals surface area contributed by atoms with E-state index in [0.29, 0.717) is 0 Å². The Bertz CT molecular complexity index is 235. The van der Waals surface area contributed by atoms with Crippen LogP contribution in [-0.2, 0) is 0 Å². The lowest BCUT2D eigenvalue weighted by molar-refractivity contribution is 0.153. The van der Waals surface area contributed by atoms with Crippen LogP contribution in [0.3, 0.4) is 0 Å². The summed E-state index contributed by atoms with van der Waals surface area (Å²) in [6, 6.07) is 0. The molecule has 62 valence electrons. The fourth-order valence-corrected chi connectivity index (χ4v) is 1.38. The first-order chi connectivity index (χ1) is 4.96. The van der Waals surface area contributed by atoms with Crippen molar-refractivity contribution in [3.63, 3.8) is 0 Å². The van der Waals surface area contributed by atoms with Gasteiger partial charge < -0.3 is 5.11 Å². The summed E-state index contributed by atoms with van der Waals surface area (Å²) >= 11 is 5.44. The van der Waals surface area contributed by atoms with Crippen molar-refractivity contribution in [2.45, 2.75) is 9.34 Å². The van der Waals surface area contributed by atoms with Gasteiger partial charge in [0.05, 0.1) is 0 Å². The molecule has 1 nitrogen and oxygen atoms in total. The van der Waals surface area contributed by atoms with Crippen LogP contribution < -0.4 is 0 Å². The number of hydrogen-bond acceptors (Lipinski definition) is 1. The average molecular weight is 290 g/mol. The summed E-state index contributed by atoms with van der Waals surface area (Å²) in [5.41, 5.74) is 0. The van der Waals surface area contributed by atoms with Gasteiger partial charge >= 0.3 is 0 Å². The Kier molecular flexibility index (Phi) is 2.51. The molecular weight excluding hydrogens is 286 g/mol. The van der Waals surface area contributed by atoms with Crippen molar-refractivity contribution in [1.29, 1.82) is 0 Å². The van der Waals surface area contributed by atoms with Crippen molar-refractivity contribution >= 4 is 31.9 Å². The number of allylic oxidation sites excluding steroid dienone is 2. The fraction of sp³-hybridized carbons (Fsp3) is 0.333. The van der Waals surface area contributed by atoms with E-state index >= 15 is 0 Å². The molecule has 2 atom stereocenters. The molecule has 0 saturated heterocycles. The van der Waals surface area contributed by atoms with Crippen LogP contribution in [0.25, 0.3) is 0 Å². The Hall–Kier alpha value is 0.260. The number of alkyl halides is 2. The van der Waals surface area contributed by atoms with Gasteiger partial charge in [-0.25, -0.2) is 8.78 Å². The first kappa shape index (κ1) is 9.35. The van der Waals surface area contributed by atoms with E-state index in [1.807, 2.05) is 0 Å². The highest BCUT2D eigenvalue weighted by molar-refractivity contribution is 9.12. The second-order valence-electron chi connectivity index (χ2n) is 2.10. The predicted octanol–water partition coefficient (Wildman–Crippen LogP) is 2.55. The summed E-state index contributed by atoms with van der Waals surface area (Å²) in [6.45, 7) is 0. The van der Waals surface area contributed by atoms with Gasteiger partial charge in [-0.15, -0.1) is 0 Å². The van der Waals surface area contributed by atoms with Crippen molar-refractivity contribution < 1.29 is 13.9 Å². The fourth-order valence-electron chi connectivity index (χ4n) is 0.658. The summed E-state index contributed by atoms with van der Waals surface area (Å²) in [4.78, 5) is -1.07. The molecule has 0 bridgehead atoms. The van der Waals surface area contributed by atoms with Crippen LogP contribution in [0.2, 0.25) is 0 Å². The van der Waals surface area contributed by atoms with Crippen LogP contribution in [0.1, 0.15) is 0 Å². The van der Waals surface area contributed by atoms with E-state index in [4.69, 9.17) is 0 Å². The molecule has 0 aromatic heterocycles. The first-order valence-electron chi connectivity index (χ1n) is 2.75. The summed E-state index contributed by atoms with van der Waals surface area (Å²) in [6.07, 6.45) is 1.84. The van der Waals surface area contributed by atoms with Crippen LogP contribution >= 0.6 is 31.9 Å². The molecule has 0 fully saturated rings. The van der Waals surface area contributed by atoms with Gasteiger partial charge in [-0.2, -0.15) is 0 Å². The van der Waals surface area contributed by atoms with E-state index in [-0.39, 0.29) is 0 Å². The molecule has 0 radical (unpaired) electrons. The van der Waals surface area contributed by atoms with Gasteiger partial charge in [-0.3, -0.25) is 0 Å². The van der Waals surface area contributed by atoms with Gasteiger partial charge in [0.2, 0.25) is 0 Å². The van der Waals surface area contributed by atoms with Gasteiger partial charge in [0, 0.05) is 0 Å². The van der Waals surface area contributed by atoms with Crippen molar-refractivity contribution in [2.24, 2.45) is 0 Å². The Labute approximate surface area is 79.0 Å². The Morgan fingerprint density at radius 1 is 1.45 bits per heavy atom. The minimum atomic E-state index is -1.95. The van der Waals surface area contributed by atoms with Crippen molar-refractivity contribution in [3.05, 3.63) is 23.8 Å². The zero-order chi connectivity index (χ0) is 8.65. The molecule has 0 spiro atoms. The van der Waals surface area contributed by atoms with Gasteiger partial charge in [0.25, 0.3) is 0 Å². The highest BCUT2D eigenvalue weighted by atomic mass is 79.9. The molecule has 0 aromatic rings. The SMILES string of the molecule is OC1(Br)C(F)=CC=C(F)C1Br. The van der Waals surface area contributed by atoms with Crippen LogP contribution in [0.15, 0.2) is 23.8 Å². The Morgan fingerprint density at radius 3 is 2.45 bits per heavy atom. The van der Waals surface area contributed by atoms with E-state index in [1.165, 1.54) is 0 Å². The number of aliphatic hydroxyl groups is 1. The summed E-state index contributed by atoms with van der Waals surface area (Å²) in [5.74, 6) is -1.44. The number of hydrogen-bond donors (Lipinski definition) is 1. The molecule has 1 aliphatic carbocycles. The van der Waals surface area contributed by atoms with Gasteiger partial charge in [0.1, 0.15) is 16.5 Å². The number of rotatable bonds is 0. The Morgan fingerprint density at radius 2 is 2.00 bits per heavy atom. The largest absolute Gasteiger partial charge is 0.371 e. The maximum absolute atomic E-state index is 12.7. The summed E-state index contributed by atoms with van der Waals surface area (Å²) in [7, 11) is 0.